The lowest BCUT2D eigenvalue weighted by Gasteiger charge is -2.36. The lowest BCUT2D eigenvalue weighted by atomic mass is 9.95. The number of carbonyl (C=O) groups is 1. The van der Waals surface area contributed by atoms with Gasteiger partial charge in [-0.2, -0.15) is 0 Å². The molecule has 2 aromatic rings. The Balaban J connectivity index is 1.54. The van der Waals surface area contributed by atoms with Gasteiger partial charge in [-0.15, -0.1) is 0 Å². The number of aryl methyl sites for hydroxylation is 1. The minimum Gasteiger partial charge on any atom is -0.379 e. The quantitative estimate of drug-likeness (QED) is 0.814. The van der Waals surface area contributed by atoms with Gasteiger partial charge >= 0.3 is 0 Å². The maximum Gasteiger partial charge on any atom is 0.251 e. The molecule has 2 aromatic carbocycles. The van der Waals surface area contributed by atoms with E-state index in [1.165, 1.54) is 23.2 Å². The van der Waals surface area contributed by atoms with Crippen molar-refractivity contribution >= 4 is 23.2 Å². The molecule has 2 aliphatic heterocycles. The van der Waals surface area contributed by atoms with E-state index in [1.54, 1.807) is 24.3 Å². The Hall–Kier alpha value is -2.08. The van der Waals surface area contributed by atoms with Crippen molar-refractivity contribution in [1.29, 1.82) is 0 Å². The molecule has 2 aliphatic rings. The molecule has 154 valence electrons. The van der Waals surface area contributed by atoms with Crippen LogP contribution in [-0.2, 0) is 11.2 Å². The highest BCUT2D eigenvalue weighted by Crippen LogP contribution is 2.31. The third kappa shape index (κ3) is 4.74. The number of morpholine rings is 1. The van der Waals surface area contributed by atoms with Crippen LogP contribution in [0.3, 0.4) is 0 Å². The zero-order valence-corrected chi connectivity index (χ0v) is 17.6. The van der Waals surface area contributed by atoms with E-state index in [2.05, 4.69) is 40.4 Å². The molecule has 1 unspecified atom stereocenters. The van der Waals surface area contributed by atoms with Crippen LogP contribution in [0.1, 0.15) is 33.9 Å². The molecule has 5 nitrogen and oxygen atoms in total. The molecule has 0 spiro atoms. The largest absolute Gasteiger partial charge is 0.379 e. The van der Waals surface area contributed by atoms with E-state index in [4.69, 9.17) is 16.3 Å². The van der Waals surface area contributed by atoms with Crippen LogP contribution >= 0.6 is 11.6 Å². The van der Waals surface area contributed by atoms with Gasteiger partial charge in [-0.3, -0.25) is 9.69 Å². The number of nitrogens with zero attached hydrogens (tertiary/aromatic N) is 2. The second-order valence-electron chi connectivity index (χ2n) is 7.80. The van der Waals surface area contributed by atoms with Crippen LogP contribution in [0.25, 0.3) is 0 Å². The van der Waals surface area contributed by atoms with Gasteiger partial charge in [0.1, 0.15) is 0 Å². The highest BCUT2D eigenvalue weighted by molar-refractivity contribution is 6.30. The predicted octanol–water partition coefficient (Wildman–Crippen LogP) is 3.53. The van der Waals surface area contributed by atoms with Crippen molar-refractivity contribution in [3.63, 3.8) is 0 Å². The van der Waals surface area contributed by atoms with E-state index in [9.17, 15) is 4.79 Å². The Kier molecular flexibility index (Phi) is 6.38. The van der Waals surface area contributed by atoms with E-state index < -0.39 is 0 Å². The van der Waals surface area contributed by atoms with Crippen LogP contribution in [0.2, 0.25) is 5.02 Å². The standard InChI is InChI=1S/C23H28ClN3O2/c1-26-9-3-5-17-14-18(7-8-21(17)26)22(27-10-12-29-13-11-27)16-25-23(28)19-4-2-6-20(24)15-19/h2,4,6-8,14-15,22H,3,5,9-13,16H2,1H3,(H,25,28). The second-order valence-corrected chi connectivity index (χ2v) is 8.23. The third-order valence-electron chi connectivity index (χ3n) is 5.87. The average molecular weight is 414 g/mol. The number of ether oxygens (including phenoxy) is 1. The summed E-state index contributed by atoms with van der Waals surface area (Å²) in [5.74, 6) is -0.0940. The Morgan fingerprint density at radius 3 is 2.79 bits per heavy atom. The summed E-state index contributed by atoms with van der Waals surface area (Å²) in [5.41, 5.74) is 4.57. The molecular weight excluding hydrogens is 386 g/mol. The Morgan fingerprint density at radius 2 is 2.00 bits per heavy atom. The molecule has 6 heteroatoms. The number of carbonyl (C=O) groups excluding carboxylic acids is 1. The summed E-state index contributed by atoms with van der Waals surface area (Å²) in [5, 5.41) is 3.69. The lowest BCUT2D eigenvalue weighted by molar-refractivity contribution is 0.0162. The van der Waals surface area contributed by atoms with Crippen LogP contribution in [0.5, 0.6) is 0 Å². The molecule has 0 aliphatic carbocycles. The molecule has 0 aromatic heterocycles. The molecule has 0 bridgehead atoms. The molecule has 1 saturated heterocycles. The molecular formula is C23H28ClN3O2. The number of fused-ring (bicyclic) bond motifs is 1. The van der Waals surface area contributed by atoms with E-state index >= 15 is 0 Å². The predicted molar refractivity (Wildman–Crippen MR) is 117 cm³/mol. The monoisotopic (exact) mass is 413 g/mol. The smallest absolute Gasteiger partial charge is 0.251 e. The van der Waals surface area contributed by atoms with Crippen molar-refractivity contribution in [3.8, 4) is 0 Å². The van der Waals surface area contributed by atoms with Gasteiger partial charge < -0.3 is 15.0 Å². The number of anilines is 1. The first kappa shape index (κ1) is 20.2. The summed E-state index contributed by atoms with van der Waals surface area (Å²) in [6.07, 6.45) is 2.29. The van der Waals surface area contributed by atoms with Gasteiger partial charge in [0.05, 0.1) is 19.3 Å². The lowest BCUT2D eigenvalue weighted by Crippen LogP contribution is -2.44. The summed E-state index contributed by atoms with van der Waals surface area (Å²) in [7, 11) is 2.16. The van der Waals surface area contributed by atoms with Gasteiger partial charge in [0.2, 0.25) is 0 Å². The molecule has 1 atom stereocenters. The van der Waals surface area contributed by atoms with Crippen LogP contribution in [0, 0.1) is 0 Å². The summed E-state index contributed by atoms with van der Waals surface area (Å²) >= 11 is 6.04. The zero-order chi connectivity index (χ0) is 20.2. The molecule has 2 heterocycles. The molecule has 0 radical (unpaired) electrons. The van der Waals surface area contributed by atoms with Crippen molar-refractivity contribution in [2.24, 2.45) is 0 Å². The van der Waals surface area contributed by atoms with Crippen molar-refractivity contribution in [2.75, 3.05) is 51.3 Å². The van der Waals surface area contributed by atoms with E-state index in [1.807, 2.05) is 0 Å². The number of amides is 1. The van der Waals surface area contributed by atoms with Crippen LogP contribution < -0.4 is 10.2 Å². The normalized spacial score (nSPS) is 18.2. The van der Waals surface area contributed by atoms with Crippen LogP contribution in [0.15, 0.2) is 42.5 Å². The number of rotatable bonds is 5. The Bertz CT molecular complexity index is 867. The first-order valence-corrected chi connectivity index (χ1v) is 10.7. The molecule has 4 rings (SSSR count). The first-order valence-electron chi connectivity index (χ1n) is 10.3. The fraction of sp³-hybridized carbons (Fsp3) is 0.435. The summed E-state index contributed by atoms with van der Waals surface area (Å²) in [4.78, 5) is 17.4. The summed E-state index contributed by atoms with van der Waals surface area (Å²) < 4.78 is 5.55. The van der Waals surface area contributed by atoms with Crippen molar-refractivity contribution < 1.29 is 9.53 Å². The van der Waals surface area contributed by atoms with E-state index in [0.717, 1.165) is 39.3 Å². The minimum absolute atomic E-state index is 0.0940. The molecule has 29 heavy (non-hydrogen) atoms. The van der Waals surface area contributed by atoms with Gasteiger partial charge in [-0.1, -0.05) is 29.8 Å². The Morgan fingerprint density at radius 1 is 1.17 bits per heavy atom. The summed E-state index contributed by atoms with van der Waals surface area (Å²) in [6.45, 7) is 4.86. The first-order chi connectivity index (χ1) is 14.1. The SMILES string of the molecule is CN1CCCc2cc(C(CNC(=O)c3cccc(Cl)c3)N3CCOCC3)ccc21. The van der Waals surface area contributed by atoms with E-state index in [0.29, 0.717) is 17.1 Å². The van der Waals surface area contributed by atoms with Gasteiger partial charge in [0, 0.05) is 49.5 Å². The number of hydrogen-bond donors (Lipinski definition) is 1. The zero-order valence-electron chi connectivity index (χ0n) is 16.9. The molecule has 1 fully saturated rings. The highest BCUT2D eigenvalue weighted by Gasteiger charge is 2.25. The fourth-order valence-corrected chi connectivity index (χ4v) is 4.47. The van der Waals surface area contributed by atoms with Gasteiger partial charge in [-0.05, 0) is 48.2 Å². The molecule has 1 N–H and O–H groups in total. The maximum atomic E-state index is 12.7. The van der Waals surface area contributed by atoms with Crippen molar-refractivity contribution in [1.82, 2.24) is 10.2 Å². The Labute approximate surface area is 177 Å². The average Bonchev–Trinajstić information content (AvgIpc) is 2.74. The van der Waals surface area contributed by atoms with E-state index in [-0.39, 0.29) is 11.9 Å². The van der Waals surface area contributed by atoms with Gasteiger partial charge in [0.15, 0.2) is 0 Å². The number of halogens is 1. The molecule has 1 amide bonds. The number of benzene rings is 2. The van der Waals surface area contributed by atoms with Gasteiger partial charge in [-0.25, -0.2) is 0 Å². The molecule has 0 saturated carbocycles. The van der Waals surface area contributed by atoms with Crippen LogP contribution in [0.4, 0.5) is 5.69 Å². The van der Waals surface area contributed by atoms with Gasteiger partial charge in [0.25, 0.3) is 5.91 Å². The highest BCUT2D eigenvalue weighted by atomic mass is 35.5. The number of hydrogen-bond acceptors (Lipinski definition) is 4. The van der Waals surface area contributed by atoms with Crippen molar-refractivity contribution in [3.05, 3.63) is 64.2 Å². The maximum absolute atomic E-state index is 12.7. The summed E-state index contributed by atoms with van der Waals surface area (Å²) in [6, 6.07) is 14.0. The third-order valence-corrected chi connectivity index (χ3v) is 6.10. The number of nitrogens with one attached hydrogen (secondary N) is 1. The van der Waals surface area contributed by atoms with Crippen molar-refractivity contribution in [2.45, 2.75) is 18.9 Å². The van der Waals surface area contributed by atoms with Crippen LogP contribution in [-0.4, -0.2) is 57.2 Å². The second kappa shape index (κ2) is 9.16. The fourth-order valence-electron chi connectivity index (χ4n) is 4.28. The topological polar surface area (TPSA) is 44.8 Å². The minimum atomic E-state index is -0.0940.